The third kappa shape index (κ3) is 3.89. The van der Waals surface area contributed by atoms with Crippen LogP contribution in [-0.4, -0.2) is 41.4 Å². The van der Waals surface area contributed by atoms with Gasteiger partial charge in [-0.25, -0.2) is 0 Å². The van der Waals surface area contributed by atoms with E-state index in [1.165, 1.54) is 38.8 Å². The van der Waals surface area contributed by atoms with E-state index in [4.69, 9.17) is 0 Å². The summed E-state index contributed by atoms with van der Waals surface area (Å²) < 4.78 is 1.98. The number of hydrogen-bond acceptors (Lipinski definition) is 2. The third-order valence-corrected chi connectivity index (χ3v) is 4.40. The molecular weight excluding hydrogens is 274 g/mol. The minimum absolute atomic E-state index is 0.0274. The second-order valence-corrected chi connectivity index (χ2v) is 6.13. The van der Waals surface area contributed by atoms with Crippen molar-refractivity contribution in [3.8, 4) is 0 Å². The van der Waals surface area contributed by atoms with Crippen LogP contribution in [0.15, 0.2) is 36.7 Å². The lowest BCUT2D eigenvalue weighted by Crippen LogP contribution is -2.30. The van der Waals surface area contributed by atoms with Gasteiger partial charge in [0, 0.05) is 24.5 Å². The highest BCUT2D eigenvalue weighted by atomic mass is 16.1. The van der Waals surface area contributed by atoms with E-state index in [-0.39, 0.29) is 5.91 Å². The van der Waals surface area contributed by atoms with Gasteiger partial charge in [0.1, 0.15) is 0 Å². The lowest BCUT2D eigenvalue weighted by Gasteiger charge is -2.19. The molecule has 0 aromatic carbocycles. The Labute approximate surface area is 132 Å². The van der Waals surface area contributed by atoms with Crippen molar-refractivity contribution in [2.24, 2.45) is 0 Å². The summed E-state index contributed by atoms with van der Waals surface area (Å²) in [5.41, 5.74) is 1.79. The molecule has 0 atom stereocenters. The maximum atomic E-state index is 12.2. The normalized spacial score (nSPS) is 16.5. The largest absolute Gasteiger partial charge is 0.352 e. The Morgan fingerprint density at radius 1 is 1.14 bits per heavy atom. The van der Waals surface area contributed by atoms with E-state index in [0.717, 1.165) is 30.6 Å². The molecule has 3 rings (SSSR count). The monoisotopic (exact) mass is 299 g/mol. The van der Waals surface area contributed by atoms with Gasteiger partial charge in [-0.05, 0) is 57.1 Å². The first-order valence-corrected chi connectivity index (χ1v) is 8.40. The number of hydrogen-bond donors (Lipinski definition) is 1. The molecule has 1 N–H and O–H groups in total. The van der Waals surface area contributed by atoms with Gasteiger partial charge in [0.2, 0.25) is 0 Å². The molecule has 2 aromatic heterocycles. The molecule has 0 saturated carbocycles. The summed E-state index contributed by atoms with van der Waals surface area (Å²) >= 11 is 0. The fourth-order valence-electron chi connectivity index (χ4n) is 3.15. The smallest absolute Gasteiger partial charge is 0.252 e. The zero-order chi connectivity index (χ0) is 15.2. The first kappa shape index (κ1) is 15.1. The van der Waals surface area contributed by atoms with Gasteiger partial charge in [0.15, 0.2) is 0 Å². The number of amides is 1. The first-order chi connectivity index (χ1) is 10.8. The summed E-state index contributed by atoms with van der Waals surface area (Å²) in [6.07, 6.45) is 10.3. The quantitative estimate of drug-likeness (QED) is 0.862. The van der Waals surface area contributed by atoms with Crippen molar-refractivity contribution in [1.29, 1.82) is 0 Å². The molecule has 0 aliphatic carbocycles. The second kappa shape index (κ2) is 7.45. The van der Waals surface area contributed by atoms with Crippen LogP contribution in [0.2, 0.25) is 0 Å². The van der Waals surface area contributed by atoms with Crippen LogP contribution in [-0.2, 0) is 0 Å². The Morgan fingerprint density at radius 3 is 2.73 bits per heavy atom. The molecule has 0 radical (unpaired) electrons. The van der Waals surface area contributed by atoms with Crippen LogP contribution >= 0.6 is 0 Å². The topological polar surface area (TPSA) is 36.8 Å². The Balaban J connectivity index is 1.44. The van der Waals surface area contributed by atoms with Gasteiger partial charge in [-0.2, -0.15) is 0 Å². The SMILES string of the molecule is O=C(NCCCN1CCCCCC1)c1cc2ccccn2c1. The van der Waals surface area contributed by atoms with E-state index in [1.54, 1.807) is 0 Å². The van der Waals surface area contributed by atoms with E-state index in [2.05, 4.69) is 10.2 Å². The van der Waals surface area contributed by atoms with E-state index in [9.17, 15) is 4.79 Å². The number of aromatic nitrogens is 1. The Kier molecular flexibility index (Phi) is 5.11. The fraction of sp³-hybridized carbons (Fsp3) is 0.500. The average molecular weight is 299 g/mol. The minimum Gasteiger partial charge on any atom is -0.352 e. The Bertz CT molecular complexity index is 579. The Morgan fingerprint density at radius 2 is 1.95 bits per heavy atom. The predicted molar refractivity (Wildman–Crippen MR) is 89.3 cm³/mol. The third-order valence-electron chi connectivity index (χ3n) is 4.40. The molecule has 1 amide bonds. The van der Waals surface area contributed by atoms with Crippen molar-refractivity contribution in [3.05, 3.63) is 42.2 Å². The van der Waals surface area contributed by atoms with E-state index in [0.29, 0.717) is 0 Å². The van der Waals surface area contributed by atoms with Crippen LogP contribution in [0.5, 0.6) is 0 Å². The van der Waals surface area contributed by atoms with E-state index in [1.807, 2.05) is 41.1 Å². The maximum absolute atomic E-state index is 12.2. The molecule has 118 valence electrons. The zero-order valence-corrected chi connectivity index (χ0v) is 13.1. The standard InChI is InChI=1S/C18H25N3O/c22-18(16-14-17-8-3-6-13-21(17)15-16)19-9-7-12-20-10-4-1-2-5-11-20/h3,6,8,13-15H,1-2,4-5,7,9-12H2,(H,19,22). The van der Waals surface area contributed by atoms with Crippen molar-refractivity contribution in [3.63, 3.8) is 0 Å². The lowest BCUT2D eigenvalue weighted by atomic mass is 10.2. The Hall–Kier alpha value is -1.81. The van der Waals surface area contributed by atoms with Crippen LogP contribution < -0.4 is 5.32 Å². The van der Waals surface area contributed by atoms with Crippen LogP contribution in [0, 0.1) is 0 Å². The lowest BCUT2D eigenvalue weighted by molar-refractivity contribution is 0.0952. The molecule has 4 nitrogen and oxygen atoms in total. The first-order valence-electron chi connectivity index (χ1n) is 8.40. The van der Waals surface area contributed by atoms with Crippen molar-refractivity contribution in [2.45, 2.75) is 32.1 Å². The zero-order valence-electron chi connectivity index (χ0n) is 13.1. The molecule has 1 fully saturated rings. The maximum Gasteiger partial charge on any atom is 0.252 e. The summed E-state index contributed by atoms with van der Waals surface area (Å²) in [6.45, 7) is 4.29. The van der Waals surface area contributed by atoms with E-state index < -0.39 is 0 Å². The molecule has 1 aliphatic rings. The number of carbonyl (C=O) groups excluding carboxylic acids is 1. The summed E-state index contributed by atoms with van der Waals surface area (Å²) in [6, 6.07) is 7.90. The number of carbonyl (C=O) groups is 1. The van der Waals surface area contributed by atoms with Crippen LogP contribution in [0.4, 0.5) is 0 Å². The highest BCUT2D eigenvalue weighted by molar-refractivity contribution is 5.95. The molecule has 4 heteroatoms. The molecular formula is C18H25N3O. The number of nitrogens with zero attached hydrogens (tertiary/aromatic N) is 2. The summed E-state index contributed by atoms with van der Waals surface area (Å²) in [7, 11) is 0. The van der Waals surface area contributed by atoms with Gasteiger partial charge in [-0.15, -0.1) is 0 Å². The van der Waals surface area contributed by atoms with Gasteiger partial charge >= 0.3 is 0 Å². The fourth-order valence-corrected chi connectivity index (χ4v) is 3.15. The van der Waals surface area contributed by atoms with Gasteiger partial charge in [0.05, 0.1) is 5.56 Å². The molecule has 1 saturated heterocycles. The number of likely N-dealkylation sites (tertiary alicyclic amines) is 1. The van der Waals surface area contributed by atoms with Gasteiger partial charge < -0.3 is 14.6 Å². The number of pyridine rings is 1. The van der Waals surface area contributed by atoms with Crippen molar-refractivity contribution >= 4 is 11.4 Å². The summed E-state index contributed by atoms with van der Waals surface area (Å²) in [5, 5.41) is 3.04. The molecule has 0 spiro atoms. The van der Waals surface area contributed by atoms with E-state index >= 15 is 0 Å². The highest BCUT2D eigenvalue weighted by Gasteiger charge is 2.10. The van der Waals surface area contributed by atoms with Gasteiger partial charge in [0.25, 0.3) is 5.91 Å². The van der Waals surface area contributed by atoms with Gasteiger partial charge in [-0.1, -0.05) is 18.9 Å². The molecule has 22 heavy (non-hydrogen) atoms. The highest BCUT2D eigenvalue weighted by Crippen LogP contribution is 2.10. The molecule has 3 heterocycles. The summed E-state index contributed by atoms with van der Waals surface area (Å²) in [5.74, 6) is 0.0274. The molecule has 0 unspecified atom stereocenters. The van der Waals surface area contributed by atoms with Crippen LogP contribution in [0.25, 0.3) is 5.52 Å². The second-order valence-electron chi connectivity index (χ2n) is 6.13. The number of rotatable bonds is 5. The molecule has 2 aromatic rings. The van der Waals surface area contributed by atoms with Crippen LogP contribution in [0.3, 0.4) is 0 Å². The average Bonchev–Trinajstić information content (AvgIpc) is 2.81. The molecule has 0 bridgehead atoms. The molecule has 1 aliphatic heterocycles. The van der Waals surface area contributed by atoms with Crippen LogP contribution in [0.1, 0.15) is 42.5 Å². The minimum atomic E-state index is 0.0274. The van der Waals surface area contributed by atoms with Gasteiger partial charge in [-0.3, -0.25) is 4.79 Å². The van der Waals surface area contributed by atoms with Crippen molar-refractivity contribution in [2.75, 3.05) is 26.2 Å². The van der Waals surface area contributed by atoms with Crippen molar-refractivity contribution < 1.29 is 4.79 Å². The number of fused-ring (bicyclic) bond motifs is 1. The summed E-state index contributed by atoms with van der Waals surface area (Å²) in [4.78, 5) is 14.7. The van der Waals surface area contributed by atoms with Crippen molar-refractivity contribution in [1.82, 2.24) is 14.6 Å². The number of nitrogens with one attached hydrogen (secondary N) is 1. The predicted octanol–water partition coefficient (Wildman–Crippen LogP) is 2.94.